The van der Waals surface area contributed by atoms with Crippen LogP contribution in [0, 0.1) is 0 Å². The van der Waals surface area contributed by atoms with Crippen LogP contribution in [-0.4, -0.2) is 27.9 Å². The zero-order valence-electron chi connectivity index (χ0n) is 10.4. The minimum absolute atomic E-state index is 0.399. The number of rotatable bonds is 5. The van der Waals surface area contributed by atoms with Crippen LogP contribution in [0.2, 0.25) is 0 Å². The molecule has 1 N–H and O–H groups in total. The van der Waals surface area contributed by atoms with Crippen molar-refractivity contribution in [1.82, 2.24) is 20.1 Å². The van der Waals surface area contributed by atoms with E-state index in [4.69, 9.17) is 0 Å². The Morgan fingerprint density at radius 2 is 2.00 bits per heavy atom. The van der Waals surface area contributed by atoms with Gasteiger partial charge in [-0.25, -0.2) is 4.98 Å². The normalized spacial score (nSPS) is 13.5. The lowest BCUT2D eigenvalue weighted by molar-refractivity contribution is 0.572. The smallest absolute Gasteiger partial charge is 0.153 e. The molecule has 1 aromatic rings. The lowest BCUT2D eigenvalue weighted by Crippen LogP contribution is -2.21. The van der Waals surface area contributed by atoms with Crippen molar-refractivity contribution in [2.45, 2.75) is 39.5 Å². The zero-order chi connectivity index (χ0) is 11.4. The van der Waals surface area contributed by atoms with Crippen LogP contribution in [0.25, 0.3) is 0 Å². The zero-order valence-corrected chi connectivity index (χ0v) is 10.4. The summed E-state index contributed by atoms with van der Waals surface area (Å²) in [5.41, 5.74) is 0. The van der Waals surface area contributed by atoms with E-state index in [2.05, 4.69) is 43.1 Å². The highest BCUT2D eigenvalue weighted by atomic mass is 15.3. The Bertz CT molecular complexity index is 304. The summed E-state index contributed by atoms with van der Waals surface area (Å²) in [7, 11) is 1.97. The molecule has 0 bridgehead atoms. The SMILES string of the molecule is CCNCC(C)c1nc(C(C)C)nn1C. The van der Waals surface area contributed by atoms with Gasteiger partial charge in [0.1, 0.15) is 5.82 Å². The summed E-state index contributed by atoms with van der Waals surface area (Å²) in [6.45, 7) is 10.5. The third-order valence-electron chi connectivity index (χ3n) is 2.47. The van der Waals surface area contributed by atoms with Crippen LogP contribution in [0.3, 0.4) is 0 Å². The summed E-state index contributed by atoms with van der Waals surface area (Å²) in [4.78, 5) is 4.57. The first-order valence-electron chi connectivity index (χ1n) is 5.67. The standard InChI is InChI=1S/C11H22N4/c1-6-12-7-9(4)11-13-10(8(2)3)14-15(11)5/h8-9,12H,6-7H2,1-5H3. The molecule has 0 aliphatic rings. The molecule has 0 radical (unpaired) electrons. The Morgan fingerprint density at radius 1 is 1.33 bits per heavy atom. The average molecular weight is 210 g/mol. The van der Waals surface area contributed by atoms with Gasteiger partial charge in [0.15, 0.2) is 5.82 Å². The van der Waals surface area contributed by atoms with Gasteiger partial charge in [-0.1, -0.05) is 27.7 Å². The molecular formula is C11H22N4. The molecule has 1 atom stereocenters. The number of hydrogen-bond donors (Lipinski definition) is 1. The molecule has 0 aromatic carbocycles. The predicted molar refractivity (Wildman–Crippen MR) is 62.1 cm³/mol. The molecule has 15 heavy (non-hydrogen) atoms. The summed E-state index contributed by atoms with van der Waals surface area (Å²) < 4.78 is 1.90. The van der Waals surface area contributed by atoms with Gasteiger partial charge in [-0.15, -0.1) is 0 Å². The van der Waals surface area contributed by atoms with E-state index in [0.717, 1.165) is 24.7 Å². The molecule has 0 saturated carbocycles. The minimum atomic E-state index is 0.399. The van der Waals surface area contributed by atoms with Crippen LogP contribution in [0.1, 0.15) is 51.2 Å². The predicted octanol–water partition coefficient (Wildman–Crippen LogP) is 1.65. The Hall–Kier alpha value is -0.900. The lowest BCUT2D eigenvalue weighted by atomic mass is 10.1. The Kier molecular flexibility index (Phi) is 4.27. The second kappa shape index (κ2) is 5.26. The highest BCUT2D eigenvalue weighted by Crippen LogP contribution is 2.15. The average Bonchev–Trinajstić information content (AvgIpc) is 2.57. The van der Waals surface area contributed by atoms with Gasteiger partial charge in [0, 0.05) is 25.4 Å². The number of nitrogens with one attached hydrogen (secondary N) is 1. The molecular weight excluding hydrogens is 188 g/mol. The number of aryl methyl sites for hydroxylation is 1. The monoisotopic (exact) mass is 210 g/mol. The van der Waals surface area contributed by atoms with Crippen molar-refractivity contribution >= 4 is 0 Å². The van der Waals surface area contributed by atoms with Gasteiger partial charge in [-0.2, -0.15) is 5.10 Å². The first-order chi connectivity index (χ1) is 7.06. The van der Waals surface area contributed by atoms with Gasteiger partial charge < -0.3 is 5.32 Å². The van der Waals surface area contributed by atoms with E-state index in [9.17, 15) is 0 Å². The summed E-state index contributed by atoms with van der Waals surface area (Å²) in [5.74, 6) is 2.82. The van der Waals surface area contributed by atoms with Crippen LogP contribution < -0.4 is 5.32 Å². The second-order valence-electron chi connectivity index (χ2n) is 4.32. The van der Waals surface area contributed by atoms with Crippen molar-refractivity contribution in [2.24, 2.45) is 7.05 Å². The molecule has 4 heteroatoms. The fourth-order valence-electron chi connectivity index (χ4n) is 1.54. The van der Waals surface area contributed by atoms with Crippen molar-refractivity contribution in [3.8, 4) is 0 Å². The maximum atomic E-state index is 4.57. The van der Waals surface area contributed by atoms with Crippen LogP contribution in [0.15, 0.2) is 0 Å². The second-order valence-corrected chi connectivity index (χ2v) is 4.32. The molecule has 0 amide bonds. The number of likely N-dealkylation sites (N-methyl/N-ethyl adjacent to an activating group) is 1. The fraction of sp³-hybridized carbons (Fsp3) is 0.818. The first-order valence-corrected chi connectivity index (χ1v) is 5.67. The molecule has 0 saturated heterocycles. The van der Waals surface area contributed by atoms with Crippen molar-refractivity contribution < 1.29 is 0 Å². The Labute approximate surface area is 92.1 Å². The molecule has 1 aromatic heterocycles. The Balaban J connectivity index is 2.75. The van der Waals surface area contributed by atoms with E-state index in [-0.39, 0.29) is 0 Å². The van der Waals surface area contributed by atoms with E-state index in [1.807, 2.05) is 11.7 Å². The molecule has 0 spiro atoms. The van der Waals surface area contributed by atoms with Crippen molar-refractivity contribution in [3.05, 3.63) is 11.6 Å². The topological polar surface area (TPSA) is 42.7 Å². The highest BCUT2D eigenvalue weighted by molar-refractivity contribution is 5.01. The summed E-state index contributed by atoms with van der Waals surface area (Å²) in [6.07, 6.45) is 0. The third kappa shape index (κ3) is 3.02. The van der Waals surface area contributed by atoms with Crippen molar-refractivity contribution in [3.63, 3.8) is 0 Å². The molecule has 1 heterocycles. The number of nitrogens with zero attached hydrogens (tertiary/aromatic N) is 3. The van der Waals surface area contributed by atoms with Crippen molar-refractivity contribution in [1.29, 1.82) is 0 Å². The highest BCUT2D eigenvalue weighted by Gasteiger charge is 2.15. The largest absolute Gasteiger partial charge is 0.316 e. The summed E-state index contributed by atoms with van der Waals surface area (Å²) >= 11 is 0. The molecule has 0 fully saturated rings. The van der Waals surface area contributed by atoms with Gasteiger partial charge in [0.2, 0.25) is 0 Å². The summed E-state index contributed by atoms with van der Waals surface area (Å²) in [6, 6.07) is 0. The molecule has 4 nitrogen and oxygen atoms in total. The molecule has 1 unspecified atom stereocenters. The quantitative estimate of drug-likeness (QED) is 0.803. The van der Waals surface area contributed by atoms with Crippen LogP contribution in [-0.2, 0) is 7.05 Å². The van der Waals surface area contributed by atoms with Crippen LogP contribution >= 0.6 is 0 Å². The molecule has 1 rings (SSSR count). The van der Waals surface area contributed by atoms with Crippen LogP contribution in [0.4, 0.5) is 0 Å². The van der Waals surface area contributed by atoms with E-state index >= 15 is 0 Å². The van der Waals surface area contributed by atoms with Crippen molar-refractivity contribution in [2.75, 3.05) is 13.1 Å². The van der Waals surface area contributed by atoms with E-state index < -0.39 is 0 Å². The maximum Gasteiger partial charge on any atom is 0.153 e. The van der Waals surface area contributed by atoms with Gasteiger partial charge in [-0.05, 0) is 6.54 Å². The minimum Gasteiger partial charge on any atom is -0.316 e. The molecule has 0 aliphatic carbocycles. The number of aromatic nitrogens is 3. The van der Waals surface area contributed by atoms with Gasteiger partial charge in [0.05, 0.1) is 0 Å². The summed E-state index contributed by atoms with van der Waals surface area (Å²) in [5, 5.41) is 7.75. The third-order valence-corrected chi connectivity index (χ3v) is 2.47. The molecule has 0 aliphatic heterocycles. The van der Waals surface area contributed by atoms with Crippen LogP contribution in [0.5, 0.6) is 0 Å². The Morgan fingerprint density at radius 3 is 2.47 bits per heavy atom. The maximum absolute atomic E-state index is 4.57. The van der Waals surface area contributed by atoms with E-state index in [1.54, 1.807) is 0 Å². The fourth-order valence-corrected chi connectivity index (χ4v) is 1.54. The first kappa shape index (κ1) is 12.2. The number of hydrogen-bond acceptors (Lipinski definition) is 3. The van der Waals surface area contributed by atoms with Gasteiger partial charge in [-0.3, -0.25) is 4.68 Å². The van der Waals surface area contributed by atoms with E-state index in [1.165, 1.54) is 0 Å². The molecule has 86 valence electrons. The lowest BCUT2D eigenvalue weighted by Gasteiger charge is -2.09. The van der Waals surface area contributed by atoms with Gasteiger partial charge in [0.25, 0.3) is 0 Å². The van der Waals surface area contributed by atoms with Gasteiger partial charge >= 0.3 is 0 Å². The van der Waals surface area contributed by atoms with E-state index in [0.29, 0.717) is 11.8 Å².